The SMILES string of the molecule is CCc1nc(-c2ccc(OC)cc2Cl)c(CC)nc1N[C@H]1COC[C@H]1O. The molecule has 2 atom stereocenters. The van der Waals surface area contributed by atoms with Gasteiger partial charge in [-0.25, -0.2) is 9.97 Å². The maximum absolute atomic E-state index is 9.99. The number of methoxy groups -OCH3 is 1. The predicted molar refractivity (Wildman–Crippen MR) is 102 cm³/mol. The van der Waals surface area contributed by atoms with E-state index in [-0.39, 0.29) is 6.04 Å². The summed E-state index contributed by atoms with van der Waals surface area (Å²) in [7, 11) is 1.61. The van der Waals surface area contributed by atoms with Crippen molar-refractivity contribution in [1.29, 1.82) is 0 Å². The highest BCUT2D eigenvalue weighted by Crippen LogP contribution is 2.33. The zero-order valence-corrected chi connectivity index (χ0v) is 16.0. The minimum Gasteiger partial charge on any atom is -0.497 e. The molecular formula is C19H24ClN3O3. The Hall–Kier alpha value is -1.89. The monoisotopic (exact) mass is 377 g/mol. The molecule has 0 unspecified atom stereocenters. The summed E-state index contributed by atoms with van der Waals surface area (Å²) in [5, 5.41) is 13.9. The number of anilines is 1. The van der Waals surface area contributed by atoms with E-state index in [2.05, 4.69) is 5.32 Å². The first-order valence-electron chi connectivity index (χ1n) is 8.83. The molecule has 2 N–H and O–H groups in total. The van der Waals surface area contributed by atoms with Gasteiger partial charge in [0.15, 0.2) is 0 Å². The van der Waals surface area contributed by atoms with Gasteiger partial charge in [0.1, 0.15) is 11.6 Å². The van der Waals surface area contributed by atoms with Crippen LogP contribution in [0.3, 0.4) is 0 Å². The first-order chi connectivity index (χ1) is 12.6. The van der Waals surface area contributed by atoms with Crippen molar-refractivity contribution in [2.75, 3.05) is 25.6 Å². The lowest BCUT2D eigenvalue weighted by molar-refractivity contribution is 0.125. The van der Waals surface area contributed by atoms with E-state index in [1.807, 2.05) is 26.0 Å². The van der Waals surface area contributed by atoms with Crippen molar-refractivity contribution in [2.45, 2.75) is 38.8 Å². The molecule has 140 valence electrons. The van der Waals surface area contributed by atoms with Gasteiger partial charge in [0.05, 0.1) is 54.6 Å². The molecule has 3 rings (SSSR count). The zero-order chi connectivity index (χ0) is 18.7. The molecule has 0 bridgehead atoms. The van der Waals surface area contributed by atoms with E-state index < -0.39 is 6.10 Å². The molecule has 7 heteroatoms. The van der Waals surface area contributed by atoms with E-state index in [0.717, 1.165) is 22.6 Å². The van der Waals surface area contributed by atoms with Crippen LogP contribution in [-0.2, 0) is 17.6 Å². The van der Waals surface area contributed by atoms with E-state index in [1.165, 1.54) is 0 Å². The summed E-state index contributed by atoms with van der Waals surface area (Å²) in [4.78, 5) is 9.63. The summed E-state index contributed by atoms with van der Waals surface area (Å²) < 4.78 is 10.5. The molecule has 0 saturated carbocycles. The van der Waals surface area contributed by atoms with Gasteiger partial charge in [-0.05, 0) is 31.0 Å². The minimum absolute atomic E-state index is 0.172. The number of rotatable bonds is 6. The van der Waals surface area contributed by atoms with Crippen molar-refractivity contribution < 1.29 is 14.6 Å². The van der Waals surface area contributed by atoms with Gasteiger partial charge in [0.2, 0.25) is 0 Å². The lowest BCUT2D eigenvalue weighted by Gasteiger charge is -2.19. The fraction of sp³-hybridized carbons (Fsp3) is 0.474. The number of nitrogens with zero attached hydrogens (tertiary/aromatic N) is 2. The highest BCUT2D eigenvalue weighted by atomic mass is 35.5. The lowest BCUT2D eigenvalue weighted by Crippen LogP contribution is -2.33. The largest absolute Gasteiger partial charge is 0.497 e. The van der Waals surface area contributed by atoms with Crippen molar-refractivity contribution in [3.8, 4) is 17.0 Å². The average molecular weight is 378 g/mol. The van der Waals surface area contributed by atoms with E-state index in [0.29, 0.717) is 42.6 Å². The number of ether oxygens (including phenoxy) is 2. The third-order valence-electron chi connectivity index (χ3n) is 4.51. The molecule has 1 fully saturated rings. The third-order valence-corrected chi connectivity index (χ3v) is 4.83. The van der Waals surface area contributed by atoms with Gasteiger partial charge in [0.25, 0.3) is 0 Å². The van der Waals surface area contributed by atoms with Crippen LogP contribution in [0.4, 0.5) is 5.82 Å². The number of benzene rings is 1. The first kappa shape index (κ1) is 18.9. The molecule has 0 aliphatic carbocycles. The molecule has 1 aromatic carbocycles. The average Bonchev–Trinajstić information content (AvgIpc) is 3.06. The Morgan fingerprint density at radius 2 is 2.00 bits per heavy atom. The van der Waals surface area contributed by atoms with Crippen molar-refractivity contribution in [3.63, 3.8) is 0 Å². The van der Waals surface area contributed by atoms with Crippen LogP contribution in [0, 0.1) is 0 Å². The molecule has 26 heavy (non-hydrogen) atoms. The van der Waals surface area contributed by atoms with Crippen LogP contribution >= 0.6 is 11.6 Å². The smallest absolute Gasteiger partial charge is 0.148 e. The molecular weight excluding hydrogens is 354 g/mol. The van der Waals surface area contributed by atoms with Crippen LogP contribution in [0.25, 0.3) is 11.3 Å². The Kier molecular flexibility index (Phi) is 5.96. The fourth-order valence-corrected chi connectivity index (χ4v) is 3.26. The van der Waals surface area contributed by atoms with E-state index in [9.17, 15) is 5.11 Å². The van der Waals surface area contributed by atoms with Crippen molar-refractivity contribution in [3.05, 3.63) is 34.6 Å². The summed E-state index contributed by atoms with van der Waals surface area (Å²) in [5.74, 6) is 1.40. The maximum atomic E-state index is 9.99. The number of aliphatic hydroxyl groups is 1. The molecule has 1 aliphatic heterocycles. The molecule has 0 radical (unpaired) electrons. The topological polar surface area (TPSA) is 76.5 Å². The Labute approximate surface area is 158 Å². The van der Waals surface area contributed by atoms with Gasteiger partial charge in [-0.1, -0.05) is 25.4 Å². The molecule has 2 heterocycles. The molecule has 2 aromatic rings. The van der Waals surface area contributed by atoms with Crippen LogP contribution < -0.4 is 10.1 Å². The number of aromatic nitrogens is 2. The third kappa shape index (κ3) is 3.77. The minimum atomic E-state index is -0.540. The van der Waals surface area contributed by atoms with Crippen molar-refractivity contribution in [1.82, 2.24) is 9.97 Å². The maximum Gasteiger partial charge on any atom is 0.148 e. The number of nitrogens with one attached hydrogen (secondary N) is 1. The number of hydrogen-bond donors (Lipinski definition) is 2. The van der Waals surface area contributed by atoms with Crippen LogP contribution in [0.1, 0.15) is 25.2 Å². The fourth-order valence-electron chi connectivity index (χ4n) is 3.00. The van der Waals surface area contributed by atoms with Gasteiger partial charge < -0.3 is 19.9 Å². The highest BCUT2D eigenvalue weighted by molar-refractivity contribution is 6.33. The summed E-state index contributed by atoms with van der Waals surface area (Å²) in [6, 6.07) is 5.38. The molecule has 1 saturated heterocycles. The molecule has 1 aliphatic rings. The van der Waals surface area contributed by atoms with Gasteiger partial charge >= 0.3 is 0 Å². The van der Waals surface area contributed by atoms with E-state index >= 15 is 0 Å². The number of halogens is 1. The van der Waals surface area contributed by atoms with E-state index in [4.69, 9.17) is 31.0 Å². The summed E-state index contributed by atoms with van der Waals surface area (Å²) >= 11 is 6.45. The van der Waals surface area contributed by atoms with Gasteiger partial charge in [0, 0.05) is 5.56 Å². The summed E-state index contributed by atoms with van der Waals surface area (Å²) in [5.41, 5.74) is 3.31. The Balaban J connectivity index is 2.01. The second-order valence-electron chi connectivity index (χ2n) is 6.22. The summed E-state index contributed by atoms with van der Waals surface area (Å²) in [6.07, 6.45) is 0.888. The number of aliphatic hydroxyl groups excluding tert-OH is 1. The second kappa shape index (κ2) is 8.20. The lowest BCUT2D eigenvalue weighted by atomic mass is 10.1. The van der Waals surface area contributed by atoms with Crippen LogP contribution in [0.15, 0.2) is 18.2 Å². The Bertz CT molecular complexity index is 785. The van der Waals surface area contributed by atoms with Gasteiger partial charge in [-0.2, -0.15) is 0 Å². The number of hydrogen-bond acceptors (Lipinski definition) is 6. The van der Waals surface area contributed by atoms with E-state index in [1.54, 1.807) is 13.2 Å². The Morgan fingerprint density at radius 3 is 2.58 bits per heavy atom. The quantitative estimate of drug-likeness (QED) is 0.805. The normalized spacial score (nSPS) is 19.6. The second-order valence-corrected chi connectivity index (χ2v) is 6.63. The van der Waals surface area contributed by atoms with Crippen LogP contribution in [0.2, 0.25) is 5.02 Å². The highest BCUT2D eigenvalue weighted by Gasteiger charge is 2.27. The predicted octanol–water partition coefficient (Wildman–Crippen LogP) is 3.10. The van der Waals surface area contributed by atoms with Crippen LogP contribution in [-0.4, -0.2) is 47.5 Å². The summed E-state index contributed by atoms with van der Waals surface area (Å²) in [6.45, 7) is 4.86. The Morgan fingerprint density at radius 1 is 1.23 bits per heavy atom. The molecule has 0 amide bonds. The van der Waals surface area contributed by atoms with Crippen molar-refractivity contribution in [2.24, 2.45) is 0 Å². The zero-order valence-electron chi connectivity index (χ0n) is 15.3. The molecule has 6 nitrogen and oxygen atoms in total. The van der Waals surface area contributed by atoms with Gasteiger partial charge in [-0.3, -0.25) is 0 Å². The molecule has 1 aromatic heterocycles. The van der Waals surface area contributed by atoms with Crippen LogP contribution in [0.5, 0.6) is 5.75 Å². The van der Waals surface area contributed by atoms with Gasteiger partial charge in [-0.15, -0.1) is 0 Å². The number of aryl methyl sites for hydroxylation is 2. The standard InChI is InChI=1S/C19H24ClN3O3/c1-4-14-18(12-7-6-11(25-3)8-13(12)20)21-15(5-2)19(22-14)23-16-9-26-10-17(16)24/h6-8,16-17,24H,4-5,9-10H2,1-3H3,(H,22,23)/t16-,17+/m0/s1. The first-order valence-corrected chi connectivity index (χ1v) is 9.21. The molecule has 0 spiro atoms. The van der Waals surface area contributed by atoms with Crippen molar-refractivity contribution >= 4 is 17.4 Å².